The van der Waals surface area contributed by atoms with Crippen molar-refractivity contribution in [3.63, 3.8) is 0 Å². The standard InChI is InChI=1S/C16H23NO5/c1-4-16(2,15(19)20-3)17-14(18)12-21-10-11-22-13-8-6-5-7-9-13/h5-9H,4,10-12H2,1-3H3,(H,17,18)/t16-/m0/s1. The lowest BCUT2D eigenvalue weighted by molar-refractivity contribution is -0.151. The maximum absolute atomic E-state index is 11.8. The van der Waals surface area contributed by atoms with E-state index in [2.05, 4.69) is 10.1 Å². The van der Waals surface area contributed by atoms with Crippen molar-refractivity contribution < 1.29 is 23.8 Å². The van der Waals surface area contributed by atoms with Crippen molar-refractivity contribution in [2.24, 2.45) is 0 Å². The SMILES string of the molecule is CC[C@](C)(NC(=O)COCCOc1ccccc1)C(=O)OC. The van der Waals surface area contributed by atoms with Crippen LogP contribution in [0.2, 0.25) is 0 Å². The van der Waals surface area contributed by atoms with E-state index in [1.807, 2.05) is 30.3 Å². The lowest BCUT2D eigenvalue weighted by Crippen LogP contribution is -2.53. The first-order valence-corrected chi connectivity index (χ1v) is 7.17. The van der Waals surface area contributed by atoms with Crippen LogP contribution in [0.3, 0.4) is 0 Å². The van der Waals surface area contributed by atoms with Crippen LogP contribution in [0.5, 0.6) is 5.75 Å². The van der Waals surface area contributed by atoms with Crippen LogP contribution < -0.4 is 10.1 Å². The number of benzene rings is 1. The summed E-state index contributed by atoms with van der Waals surface area (Å²) in [6.07, 6.45) is 0.433. The zero-order valence-corrected chi connectivity index (χ0v) is 13.3. The van der Waals surface area contributed by atoms with Gasteiger partial charge in [0.05, 0.1) is 13.7 Å². The van der Waals surface area contributed by atoms with E-state index in [1.54, 1.807) is 13.8 Å². The molecule has 0 aliphatic rings. The van der Waals surface area contributed by atoms with Crippen LogP contribution in [0.4, 0.5) is 0 Å². The molecule has 0 aliphatic heterocycles. The molecule has 0 spiro atoms. The molecule has 0 bridgehead atoms. The molecule has 22 heavy (non-hydrogen) atoms. The summed E-state index contributed by atoms with van der Waals surface area (Å²) in [7, 11) is 1.29. The molecule has 122 valence electrons. The van der Waals surface area contributed by atoms with Crippen molar-refractivity contribution in [2.45, 2.75) is 25.8 Å². The number of methoxy groups -OCH3 is 1. The molecule has 0 unspecified atom stereocenters. The van der Waals surface area contributed by atoms with Gasteiger partial charge in [-0.25, -0.2) is 4.79 Å². The predicted molar refractivity (Wildman–Crippen MR) is 81.6 cm³/mol. The molecule has 0 radical (unpaired) electrons. The molecular weight excluding hydrogens is 286 g/mol. The number of esters is 1. The Morgan fingerprint density at radius 2 is 1.86 bits per heavy atom. The van der Waals surface area contributed by atoms with Gasteiger partial charge in [0.2, 0.25) is 5.91 Å². The van der Waals surface area contributed by atoms with Crippen molar-refractivity contribution in [1.82, 2.24) is 5.32 Å². The van der Waals surface area contributed by atoms with Crippen LogP contribution >= 0.6 is 0 Å². The highest BCUT2D eigenvalue weighted by molar-refractivity contribution is 5.88. The Kier molecular flexibility index (Phi) is 7.39. The van der Waals surface area contributed by atoms with Gasteiger partial charge in [-0.2, -0.15) is 0 Å². The number of para-hydroxylation sites is 1. The van der Waals surface area contributed by atoms with Crippen molar-refractivity contribution >= 4 is 11.9 Å². The van der Waals surface area contributed by atoms with Crippen molar-refractivity contribution in [3.05, 3.63) is 30.3 Å². The summed E-state index contributed by atoms with van der Waals surface area (Å²) >= 11 is 0. The third-order valence-corrected chi connectivity index (χ3v) is 3.23. The predicted octanol–water partition coefficient (Wildman–Crippen LogP) is 1.54. The number of rotatable bonds is 9. The Hall–Kier alpha value is -2.08. The Labute approximate surface area is 130 Å². The summed E-state index contributed by atoms with van der Waals surface area (Å²) in [5.74, 6) is -0.0926. The van der Waals surface area contributed by atoms with Crippen LogP contribution in [0.15, 0.2) is 30.3 Å². The fourth-order valence-electron chi connectivity index (χ4n) is 1.75. The molecule has 0 heterocycles. The van der Waals surface area contributed by atoms with Gasteiger partial charge in [0.15, 0.2) is 0 Å². The molecule has 1 N–H and O–H groups in total. The average Bonchev–Trinajstić information content (AvgIpc) is 2.54. The number of ether oxygens (including phenoxy) is 3. The van der Waals surface area contributed by atoms with Crippen LogP contribution in [-0.2, 0) is 19.1 Å². The number of amides is 1. The quantitative estimate of drug-likeness (QED) is 0.553. The zero-order valence-electron chi connectivity index (χ0n) is 13.3. The first kappa shape index (κ1) is 18.0. The first-order chi connectivity index (χ1) is 10.5. The Morgan fingerprint density at radius 1 is 1.18 bits per heavy atom. The topological polar surface area (TPSA) is 73.9 Å². The van der Waals surface area contributed by atoms with E-state index >= 15 is 0 Å². The summed E-state index contributed by atoms with van der Waals surface area (Å²) in [5.41, 5.74) is -1.03. The third-order valence-electron chi connectivity index (χ3n) is 3.23. The number of nitrogens with one attached hydrogen (secondary N) is 1. The second-order valence-electron chi connectivity index (χ2n) is 4.94. The minimum atomic E-state index is -1.03. The molecule has 0 aliphatic carbocycles. The molecule has 0 saturated heterocycles. The Bertz CT molecular complexity index is 477. The average molecular weight is 309 g/mol. The molecule has 1 aromatic carbocycles. The molecule has 0 saturated carbocycles. The Balaban J connectivity index is 2.24. The second-order valence-corrected chi connectivity index (χ2v) is 4.94. The van der Waals surface area contributed by atoms with Crippen LogP contribution in [-0.4, -0.2) is 44.3 Å². The zero-order chi connectivity index (χ0) is 16.4. The fourth-order valence-corrected chi connectivity index (χ4v) is 1.75. The van der Waals surface area contributed by atoms with Gasteiger partial charge in [0.25, 0.3) is 0 Å². The lowest BCUT2D eigenvalue weighted by atomic mass is 9.99. The third kappa shape index (κ3) is 5.73. The number of carbonyl (C=O) groups is 2. The summed E-state index contributed by atoms with van der Waals surface area (Å²) in [5, 5.41) is 2.62. The van der Waals surface area contributed by atoms with Crippen molar-refractivity contribution in [1.29, 1.82) is 0 Å². The highest BCUT2D eigenvalue weighted by Crippen LogP contribution is 2.11. The van der Waals surface area contributed by atoms with Crippen LogP contribution in [0.1, 0.15) is 20.3 Å². The highest BCUT2D eigenvalue weighted by Gasteiger charge is 2.33. The molecule has 0 fully saturated rings. The number of hydrogen-bond donors (Lipinski definition) is 1. The fraction of sp³-hybridized carbons (Fsp3) is 0.500. The summed E-state index contributed by atoms with van der Waals surface area (Å²) in [6.45, 7) is 3.91. The molecule has 1 amide bonds. The normalized spacial score (nSPS) is 13.0. The van der Waals surface area contributed by atoms with E-state index in [1.165, 1.54) is 7.11 Å². The minimum Gasteiger partial charge on any atom is -0.491 e. The summed E-state index contributed by atoms with van der Waals surface area (Å²) in [4.78, 5) is 23.4. The summed E-state index contributed by atoms with van der Waals surface area (Å²) < 4.78 is 15.4. The van der Waals surface area contributed by atoms with Gasteiger partial charge < -0.3 is 19.5 Å². The second kappa shape index (κ2) is 9.04. The van der Waals surface area contributed by atoms with E-state index in [0.717, 1.165) is 5.75 Å². The minimum absolute atomic E-state index is 0.134. The maximum atomic E-state index is 11.8. The van der Waals surface area contributed by atoms with Gasteiger partial charge in [0.1, 0.15) is 24.5 Å². The van der Waals surface area contributed by atoms with E-state index in [0.29, 0.717) is 13.0 Å². The van der Waals surface area contributed by atoms with Crippen LogP contribution in [0, 0.1) is 0 Å². The maximum Gasteiger partial charge on any atom is 0.331 e. The van der Waals surface area contributed by atoms with E-state index < -0.39 is 11.5 Å². The van der Waals surface area contributed by atoms with E-state index in [9.17, 15) is 9.59 Å². The Morgan fingerprint density at radius 3 is 2.45 bits per heavy atom. The number of carbonyl (C=O) groups excluding carboxylic acids is 2. The van der Waals surface area contributed by atoms with Gasteiger partial charge in [-0.3, -0.25) is 4.79 Å². The monoisotopic (exact) mass is 309 g/mol. The molecule has 6 nitrogen and oxygen atoms in total. The smallest absolute Gasteiger partial charge is 0.331 e. The van der Waals surface area contributed by atoms with Crippen molar-refractivity contribution in [3.8, 4) is 5.75 Å². The molecular formula is C16H23NO5. The lowest BCUT2D eigenvalue weighted by Gasteiger charge is -2.26. The van der Waals surface area contributed by atoms with Crippen molar-refractivity contribution in [2.75, 3.05) is 26.9 Å². The molecule has 1 rings (SSSR count). The van der Waals surface area contributed by atoms with Gasteiger partial charge in [-0.15, -0.1) is 0 Å². The number of hydrogen-bond acceptors (Lipinski definition) is 5. The van der Waals surface area contributed by atoms with E-state index in [-0.39, 0.29) is 19.1 Å². The molecule has 1 atom stereocenters. The van der Waals surface area contributed by atoms with Gasteiger partial charge in [-0.1, -0.05) is 25.1 Å². The van der Waals surface area contributed by atoms with E-state index in [4.69, 9.17) is 9.47 Å². The van der Waals surface area contributed by atoms with Gasteiger partial charge in [0, 0.05) is 0 Å². The largest absolute Gasteiger partial charge is 0.491 e. The summed E-state index contributed by atoms with van der Waals surface area (Å²) in [6, 6.07) is 9.34. The highest BCUT2D eigenvalue weighted by atomic mass is 16.5. The van der Waals surface area contributed by atoms with Gasteiger partial charge in [-0.05, 0) is 25.5 Å². The first-order valence-electron chi connectivity index (χ1n) is 7.17. The van der Waals surface area contributed by atoms with Gasteiger partial charge >= 0.3 is 5.97 Å². The molecule has 0 aromatic heterocycles. The molecule has 6 heteroatoms. The molecule has 1 aromatic rings. The van der Waals surface area contributed by atoms with Crippen LogP contribution in [0.25, 0.3) is 0 Å².